The molecular weight excluding hydrogens is 324 g/mol. The molecule has 2 rings (SSSR count). The molecule has 0 aliphatic rings. The number of hydrogen-bond donors (Lipinski definition) is 2. The van der Waals surface area contributed by atoms with Gasteiger partial charge in [0, 0.05) is 13.1 Å². The number of sulfonamides is 1. The van der Waals surface area contributed by atoms with Crippen molar-refractivity contribution < 1.29 is 22.7 Å². The van der Waals surface area contributed by atoms with Gasteiger partial charge in [-0.25, -0.2) is 13.2 Å². The predicted molar refractivity (Wildman–Crippen MR) is 82.7 cm³/mol. The summed E-state index contributed by atoms with van der Waals surface area (Å²) in [7, 11) is -2.54. The Bertz CT molecular complexity index is 894. The fourth-order valence-electron chi connectivity index (χ4n) is 2.21. The molecule has 1 heterocycles. The summed E-state index contributed by atoms with van der Waals surface area (Å²) in [5.74, 6) is -1.84. The first-order valence-electron chi connectivity index (χ1n) is 6.96. The first kappa shape index (κ1) is 17.2. The fourth-order valence-corrected chi connectivity index (χ4v) is 3.42. The van der Waals surface area contributed by atoms with E-state index in [1.807, 2.05) is 0 Å². The van der Waals surface area contributed by atoms with Crippen molar-refractivity contribution >= 4 is 27.1 Å². The van der Waals surface area contributed by atoms with Crippen molar-refractivity contribution in [2.75, 3.05) is 0 Å². The van der Waals surface area contributed by atoms with Crippen LogP contribution in [0.1, 0.15) is 20.3 Å². The van der Waals surface area contributed by atoms with Gasteiger partial charge >= 0.3 is 11.7 Å². The molecule has 8 nitrogen and oxygen atoms in total. The molecule has 2 aromatic rings. The second kappa shape index (κ2) is 6.17. The predicted octanol–water partition coefficient (Wildman–Crippen LogP) is 0.909. The number of carboxylic acids is 1. The first-order chi connectivity index (χ1) is 10.6. The molecule has 0 aliphatic carbocycles. The van der Waals surface area contributed by atoms with E-state index in [9.17, 15) is 18.0 Å². The van der Waals surface area contributed by atoms with Gasteiger partial charge in [0.15, 0.2) is 5.58 Å². The molecule has 0 fully saturated rings. The highest BCUT2D eigenvalue weighted by molar-refractivity contribution is 7.89. The van der Waals surface area contributed by atoms with Crippen molar-refractivity contribution in [1.82, 2.24) is 9.29 Å². The van der Waals surface area contributed by atoms with Crippen LogP contribution < -0.4 is 10.5 Å². The average Bonchev–Trinajstić information content (AvgIpc) is 2.72. The molecule has 9 heteroatoms. The summed E-state index contributed by atoms with van der Waals surface area (Å²) in [4.78, 5) is 22.5. The van der Waals surface area contributed by atoms with Gasteiger partial charge in [0.05, 0.1) is 10.4 Å². The van der Waals surface area contributed by atoms with E-state index in [0.29, 0.717) is 5.52 Å². The third-order valence-electron chi connectivity index (χ3n) is 3.38. The second-order valence-corrected chi connectivity index (χ2v) is 7.41. The van der Waals surface area contributed by atoms with Crippen LogP contribution in [-0.4, -0.2) is 30.1 Å². The zero-order valence-corrected chi connectivity index (χ0v) is 13.8. The Hall–Kier alpha value is -2.13. The number of fused-ring (bicyclic) bond motifs is 1. The molecule has 1 aromatic heterocycles. The zero-order valence-electron chi connectivity index (χ0n) is 12.9. The van der Waals surface area contributed by atoms with Crippen molar-refractivity contribution in [3.8, 4) is 0 Å². The van der Waals surface area contributed by atoms with Gasteiger partial charge < -0.3 is 9.52 Å². The molecule has 0 bridgehead atoms. The van der Waals surface area contributed by atoms with Crippen LogP contribution in [0.2, 0.25) is 0 Å². The van der Waals surface area contributed by atoms with Gasteiger partial charge in [0.2, 0.25) is 10.0 Å². The third-order valence-corrected chi connectivity index (χ3v) is 4.85. The lowest BCUT2D eigenvalue weighted by molar-refractivity contribution is -0.139. The van der Waals surface area contributed by atoms with Crippen LogP contribution in [0.15, 0.2) is 32.3 Å². The van der Waals surface area contributed by atoms with Gasteiger partial charge in [-0.15, -0.1) is 0 Å². The molecule has 23 heavy (non-hydrogen) atoms. The number of aryl methyl sites for hydroxylation is 1. The Labute approximate surface area is 132 Å². The first-order valence-corrected chi connectivity index (χ1v) is 8.45. The van der Waals surface area contributed by atoms with Crippen LogP contribution in [-0.2, 0) is 21.9 Å². The van der Waals surface area contributed by atoms with Crippen molar-refractivity contribution in [2.24, 2.45) is 13.0 Å². The number of rotatable bonds is 6. The van der Waals surface area contributed by atoms with Crippen LogP contribution in [0.4, 0.5) is 0 Å². The van der Waals surface area contributed by atoms with Crippen molar-refractivity contribution in [3.05, 3.63) is 28.7 Å². The van der Waals surface area contributed by atoms with Crippen molar-refractivity contribution in [2.45, 2.75) is 31.2 Å². The van der Waals surface area contributed by atoms with Crippen molar-refractivity contribution in [3.63, 3.8) is 0 Å². The summed E-state index contributed by atoms with van der Waals surface area (Å²) < 4.78 is 33.1. The number of carboxylic acid groups (broad SMARTS) is 1. The molecule has 2 N–H and O–H groups in total. The highest BCUT2D eigenvalue weighted by Gasteiger charge is 2.26. The lowest BCUT2D eigenvalue weighted by Crippen LogP contribution is -2.41. The lowest BCUT2D eigenvalue weighted by Gasteiger charge is -2.16. The van der Waals surface area contributed by atoms with E-state index in [-0.39, 0.29) is 22.8 Å². The molecule has 1 aromatic carbocycles. The van der Waals surface area contributed by atoms with E-state index in [4.69, 9.17) is 9.52 Å². The largest absolute Gasteiger partial charge is 0.480 e. The maximum atomic E-state index is 12.4. The van der Waals surface area contributed by atoms with Crippen molar-refractivity contribution in [1.29, 1.82) is 0 Å². The molecular formula is C14H18N2O6S. The normalized spacial score (nSPS) is 13.6. The number of carbonyl (C=O) groups is 1. The zero-order chi connectivity index (χ0) is 17.4. The Morgan fingerprint density at radius 3 is 2.61 bits per heavy atom. The van der Waals surface area contributed by atoms with E-state index < -0.39 is 27.8 Å². The highest BCUT2D eigenvalue weighted by Crippen LogP contribution is 2.19. The maximum absolute atomic E-state index is 12.4. The number of hydrogen-bond acceptors (Lipinski definition) is 5. The summed E-state index contributed by atoms with van der Waals surface area (Å²) in [6.07, 6.45) is 0.164. The lowest BCUT2D eigenvalue weighted by atomic mass is 10.1. The number of nitrogens with one attached hydrogen (secondary N) is 1. The van der Waals surface area contributed by atoms with Gasteiger partial charge in [-0.3, -0.25) is 9.36 Å². The van der Waals surface area contributed by atoms with Gasteiger partial charge in [0.1, 0.15) is 6.04 Å². The Morgan fingerprint density at radius 1 is 1.39 bits per heavy atom. The van der Waals surface area contributed by atoms with E-state index in [2.05, 4.69) is 4.72 Å². The van der Waals surface area contributed by atoms with Gasteiger partial charge in [-0.05, 0) is 24.5 Å². The minimum absolute atomic E-state index is 0.00780. The Morgan fingerprint density at radius 2 is 2.04 bits per heavy atom. The number of benzene rings is 1. The highest BCUT2D eigenvalue weighted by atomic mass is 32.2. The Balaban J connectivity index is 2.38. The molecule has 0 radical (unpaired) electrons. The monoisotopic (exact) mass is 342 g/mol. The average molecular weight is 342 g/mol. The molecule has 0 amide bonds. The van der Waals surface area contributed by atoms with Crippen LogP contribution in [0.5, 0.6) is 0 Å². The van der Waals surface area contributed by atoms with Crippen LogP contribution >= 0.6 is 0 Å². The number of oxazole rings is 1. The Kier molecular flexibility index (Phi) is 4.62. The van der Waals surface area contributed by atoms with Crippen LogP contribution in [0, 0.1) is 5.92 Å². The third kappa shape index (κ3) is 3.62. The minimum atomic E-state index is -4.05. The quantitative estimate of drug-likeness (QED) is 0.805. The molecule has 1 atom stereocenters. The molecule has 126 valence electrons. The summed E-state index contributed by atoms with van der Waals surface area (Å²) >= 11 is 0. The molecule has 0 unspecified atom stereocenters. The van der Waals surface area contributed by atoms with E-state index in [1.165, 1.54) is 29.8 Å². The second-order valence-electron chi connectivity index (χ2n) is 5.70. The smallest absolute Gasteiger partial charge is 0.419 e. The van der Waals surface area contributed by atoms with E-state index in [1.54, 1.807) is 13.8 Å². The maximum Gasteiger partial charge on any atom is 0.419 e. The molecule has 0 spiro atoms. The summed E-state index contributed by atoms with van der Waals surface area (Å²) in [5, 5.41) is 9.15. The standard InChI is InChI=1S/C14H18N2O6S/c1-8(2)6-10(13(17)18)15-23(20,21)9-4-5-11-12(7-9)22-14(19)16(11)3/h4-5,7-8,10,15H,6H2,1-3H3,(H,17,18)/t10-/m1/s1. The topological polar surface area (TPSA) is 119 Å². The van der Waals surface area contributed by atoms with Crippen LogP contribution in [0.25, 0.3) is 11.1 Å². The summed E-state index contributed by atoms with van der Waals surface area (Å²) in [6, 6.07) is 2.72. The van der Waals surface area contributed by atoms with Gasteiger partial charge in [-0.2, -0.15) is 4.72 Å². The number of aliphatic carboxylic acids is 1. The SMILES string of the molecule is CC(C)C[C@@H](NS(=O)(=O)c1ccc2c(c1)oc(=O)n2C)C(=O)O. The number of nitrogens with zero attached hydrogens (tertiary/aromatic N) is 1. The van der Waals surface area contributed by atoms with Gasteiger partial charge in [0.25, 0.3) is 0 Å². The van der Waals surface area contributed by atoms with Crippen LogP contribution in [0.3, 0.4) is 0 Å². The molecule has 0 saturated heterocycles. The molecule has 0 saturated carbocycles. The van der Waals surface area contributed by atoms with Gasteiger partial charge in [-0.1, -0.05) is 13.8 Å². The molecule has 0 aliphatic heterocycles. The van der Waals surface area contributed by atoms with E-state index >= 15 is 0 Å². The summed E-state index contributed by atoms with van der Waals surface area (Å²) in [5.41, 5.74) is 0.571. The van der Waals surface area contributed by atoms with E-state index in [0.717, 1.165) is 0 Å². The summed E-state index contributed by atoms with van der Waals surface area (Å²) in [6.45, 7) is 3.60. The number of aromatic nitrogens is 1. The fraction of sp³-hybridized carbons (Fsp3) is 0.429. The minimum Gasteiger partial charge on any atom is -0.480 e.